The zero-order valence-electron chi connectivity index (χ0n) is 13.4. The lowest BCUT2D eigenvalue weighted by atomic mass is 10.1. The maximum Gasteiger partial charge on any atom is 0.282 e. The van der Waals surface area contributed by atoms with Crippen molar-refractivity contribution in [1.29, 1.82) is 5.26 Å². The number of rotatable bonds is 4. The maximum absolute atomic E-state index is 12.5. The fraction of sp³-hybridized carbons (Fsp3) is 0. The minimum absolute atomic E-state index is 0.0401. The third kappa shape index (κ3) is 2.97. The lowest BCUT2D eigenvalue weighted by Crippen LogP contribution is -2.24. The molecule has 8 nitrogen and oxygen atoms in total. The highest BCUT2D eigenvalue weighted by Crippen LogP contribution is 2.29. The summed E-state index contributed by atoms with van der Waals surface area (Å²) in [6.07, 6.45) is 1.51. The molecule has 1 amide bonds. The van der Waals surface area contributed by atoms with Gasteiger partial charge in [-0.2, -0.15) is 5.26 Å². The first-order valence-corrected chi connectivity index (χ1v) is 7.54. The lowest BCUT2D eigenvalue weighted by molar-refractivity contribution is -0.385. The van der Waals surface area contributed by atoms with Crippen molar-refractivity contribution >= 4 is 17.4 Å². The first-order valence-electron chi connectivity index (χ1n) is 7.54. The number of nitrogens with two attached hydrogens (primary N) is 1. The van der Waals surface area contributed by atoms with Gasteiger partial charge in [0.25, 0.3) is 11.6 Å². The number of nitrogen functional groups attached to an aromatic ring is 1. The van der Waals surface area contributed by atoms with E-state index in [1.54, 1.807) is 0 Å². The van der Waals surface area contributed by atoms with Gasteiger partial charge in [-0.3, -0.25) is 20.3 Å². The molecule has 0 saturated heterocycles. The predicted molar refractivity (Wildman–Crippen MR) is 95.8 cm³/mol. The van der Waals surface area contributed by atoms with Crippen LogP contribution in [0.25, 0.3) is 11.1 Å². The summed E-state index contributed by atoms with van der Waals surface area (Å²) in [5, 5.41) is 20.5. The Morgan fingerprint density at radius 1 is 1.15 bits per heavy atom. The van der Waals surface area contributed by atoms with E-state index in [9.17, 15) is 20.2 Å². The monoisotopic (exact) mass is 347 g/mol. The molecular formula is C18H13N5O3. The van der Waals surface area contributed by atoms with Gasteiger partial charge in [0.05, 0.1) is 4.92 Å². The van der Waals surface area contributed by atoms with Crippen molar-refractivity contribution in [2.45, 2.75) is 0 Å². The summed E-state index contributed by atoms with van der Waals surface area (Å²) in [5.41, 5.74) is 9.54. The molecule has 1 aromatic heterocycles. The zero-order valence-corrected chi connectivity index (χ0v) is 13.4. The van der Waals surface area contributed by atoms with Crippen molar-refractivity contribution in [3.63, 3.8) is 0 Å². The first kappa shape index (κ1) is 16.7. The van der Waals surface area contributed by atoms with Gasteiger partial charge in [-0.1, -0.05) is 42.5 Å². The van der Waals surface area contributed by atoms with E-state index in [0.29, 0.717) is 5.56 Å². The number of amides is 1. The maximum atomic E-state index is 12.5. The van der Waals surface area contributed by atoms with Gasteiger partial charge >= 0.3 is 0 Å². The van der Waals surface area contributed by atoms with Gasteiger partial charge in [-0.25, -0.2) is 4.68 Å². The second-order valence-corrected chi connectivity index (χ2v) is 5.37. The Balaban J connectivity index is 1.99. The van der Waals surface area contributed by atoms with Crippen LogP contribution in [0.2, 0.25) is 0 Å². The number of hydrogen-bond donors (Lipinski definition) is 2. The van der Waals surface area contributed by atoms with Crippen molar-refractivity contribution < 1.29 is 9.72 Å². The van der Waals surface area contributed by atoms with Crippen LogP contribution in [-0.2, 0) is 0 Å². The van der Waals surface area contributed by atoms with Crippen molar-refractivity contribution in [2.75, 3.05) is 11.2 Å². The van der Waals surface area contributed by atoms with Crippen molar-refractivity contribution in [3.05, 3.63) is 82.0 Å². The molecule has 2 aromatic carbocycles. The topological polar surface area (TPSA) is 127 Å². The summed E-state index contributed by atoms with van der Waals surface area (Å²) in [6, 6.07) is 16.7. The SMILES string of the molecule is N#Cc1c(-c2ccccc2)cn(NC(=O)c2ccccc2[N+](=O)[O-])c1N. The van der Waals surface area contributed by atoms with E-state index >= 15 is 0 Å². The Bertz CT molecular complexity index is 1030. The van der Waals surface area contributed by atoms with Gasteiger partial charge in [0, 0.05) is 17.8 Å². The molecule has 26 heavy (non-hydrogen) atoms. The van der Waals surface area contributed by atoms with Crippen molar-refractivity contribution in [1.82, 2.24) is 4.68 Å². The molecule has 0 spiro atoms. The Labute approximate surface area is 148 Å². The highest BCUT2D eigenvalue weighted by Gasteiger charge is 2.21. The van der Waals surface area contributed by atoms with E-state index in [4.69, 9.17) is 5.73 Å². The van der Waals surface area contributed by atoms with Gasteiger partial charge in [0.1, 0.15) is 23.0 Å². The van der Waals surface area contributed by atoms with E-state index in [1.807, 2.05) is 36.4 Å². The Morgan fingerprint density at radius 2 is 1.81 bits per heavy atom. The van der Waals surface area contributed by atoms with Gasteiger partial charge in [-0.15, -0.1) is 0 Å². The van der Waals surface area contributed by atoms with Crippen LogP contribution in [0.15, 0.2) is 60.8 Å². The molecule has 0 saturated carbocycles. The highest BCUT2D eigenvalue weighted by atomic mass is 16.6. The number of nitro benzene ring substituents is 1. The smallest absolute Gasteiger partial charge is 0.282 e. The van der Waals surface area contributed by atoms with E-state index in [-0.39, 0.29) is 22.6 Å². The third-order valence-corrected chi connectivity index (χ3v) is 3.81. The molecule has 0 bridgehead atoms. The summed E-state index contributed by atoms with van der Waals surface area (Å²) in [5.74, 6) is -0.665. The molecule has 8 heteroatoms. The number of nitrogens with zero attached hydrogens (tertiary/aromatic N) is 3. The summed E-state index contributed by atoms with van der Waals surface area (Å²) >= 11 is 0. The number of nitrogens with one attached hydrogen (secondary N) is 1. The number of carbonyl (C=O) groups excluding carboxylic acids is 1. The van der Waals surface area contributed by atoms with Crippen LogP contribution in [0.4, 0.5) is 11.5 Å². The van der Waals surface area contributed by atoms with Gasteiger partial charge in [0.15, 0.2) is 0 Å². The molecule has 3 aromatic rings. The van der Waals surface area contributed by atoms with Crippen LogP contribution in [-0.4, -0.2) is 15.5 Å². The zero-order chi connectivity index (χ0) is 18.7. The normalized spacial score (nSPS) is 10.1. The molecule has 0 fully saturated rings. The minimum Gasteiger partial charge on any atom is -0.383 e. The fourth-order valence-corrected chi connectivity index (χ4v) is 2.56. The van der Waals surface area contributed by atoms with Crippen LogP contribution in [0.3, 0.4) is 0 Å². The second-order valence-electron chi connectivity index (χ2n) is 5.37. The Hall–Kier alpha value is -4.12. The number of hydrogen-bond acceptors (Lipinski definition) is 5. The average Bonchev–Trinajstić information content (AvgIpc) is 2.98. The molecule has 0 atom stereocenters. The summed E-state index contributed by atoms with van der Waals surface area (Å²) in [4.78, 5) is 22.9. The first-order chi connectivity index (χ1) is 12.5. The number of nitro groups is 1. The third-order valence-electron chi connectivity index (χ3n) is 3.81. The quantitative estimate of drug-likeness (QED) is 0.554. The molecule has 0 radical (unpaired) electrons. The fourth-order valence-electron chi connectivity index (χ4n) is 2.56. The molecule has 128 valence electrons. The van der Waals surface area contributed by atoms with Crippen molar-refractivity contribution in [3.8, 4) is 17.2 Å². The van der Waals surface area contributed by atoms with Crippen LogP contribution < -0.4 is 11.2 Å². The summed E-state index contributed by atoms with van der Waals surface area (Å²) in [6.45, 7) is 0. The van der Waals surface area contributed by atoms with Crippen LogP contribution in [0.1, 0.15) is 15.9 Å². The van der Waals surface area contributed by atoms with E-state index in [0.717, 1.165) is 5.56 Å². The lowest BCUT2D eigenvalue weighted by Gasteiger charge is -2.08. The largest absolute Gasteiger partial charge is 0.383 e. The van der Waals surface area contributed by atoms with Crippen LogP contribution in [0.5, 0.6) is 0 Å². The predicted octanol–water partition coefficient (Wildman–Crippen LogP) is 2.90. The Kier molecular flexibility index (Phi) is 4.36. The standard InChI is InChI=1S/C18H13N5O3/c19-10-14-15(12-6-2-1-3-7-12)11-22(17(14)20)21-18(24)13-8-4-5-9-16(13)23(25)26/h1-9,11H,20H2,(H,21,24). The van der Waals surface area contributed by atoms with Crippen LogP contribution in [0, 0.1) is 21.4 Å². The molecular weight excluding hydrogens is 334 g/mol. The highest BCUT2D eigenvalue weighted by molar-refractivity contribution is 6.03. The molecule has 0 aliphatic carbocycles. The molecule has 3 N–H and O–H groups in total. The van der Waals surface area contributed by atoms with E-state index < -0.39 is 10.8 Å². The van der Waals surface area contributed by atoms with Crippen LogP contribution >= 0.6 is 0 Å². The second kappa shape index (κ2) is 6.78. The minimum atomic E-state index is -0.705. The van der Waals surface area contributed by atoms with Crippen molar-refractivity contribution in [2.24, 2.45) is 0 Å². The van der Waals surface area contributed by atoms with Gasteiger partial charge in [0.2, 0.25) is 0 Å². The number of aromatic nitrogens is 1. The molecule has 0 unspecified atom stereocenters. The van der Waals surface area contributed by atoms with Gasteiger partial charge in [-0.05, 0) is 11.6 Å². The number of para-hydroxylation sites is 1. The molecule has 1 heterocycles. The number of benzene rings is 2. The molecule has 0 aliphatic heterocycles. The number of carbonyl (C=O) groups is 1. The number of nitriles is 1. The molecule has 3 rings (SSSR count). The molecule has 0 aliphatic rings. The van der Waals surface area contributed by atoms with Gasteiger partial charge < -0.3 is 5.73 Å². The van der Waals surface area contributed by atoms with E-state index in [1.165, 1.54) is 35.1 Å². The summed E-state index contributed by atoms with van der Waals surface area (Å²) < 4.78 is 1.19. The average molecular weight is 347 g/mol. The Morgan fingerprint density at radius 3 is 2.46 bits per heavy atom. The summed E-state index contributed by atoms with van der Waals surface area (Å²) in [7, 11) is 0. The number of anilines is 1. The van der Waals surface area contributed by atoms with E-state index in [2.05, 4.69) is 5.43 Å².